The van der Waals surface area contributed by atoms with Crippen LogP contribution in [0.2, 0.25) is 0 Å². The summed E-state index contributed by atoms with van der Waals surface area (Å²) < 4.78 is 4.92. The first kappa shape index (κ1) is 17.7. The van der Waals surface area contributed by atoms with E-state index in [9.17, 15) is 9.59 Å². The molecule has 1 saturated carbocycles. The molecule has 0 radical (unpaired) electrons. The van der Waals surface area contributed by atoms with Gasteiger partial charge in [-0.1, -0.05) is 6.42 Å². The van der Waals surface area contributed by atoms with Gasteiger partial charge in [-0.15, -0.1) is 0 Å². The van der Waals surface area contributed by atoms with E-state index in [1.165, 1.54) is 12.8 Å². The number of nitrogens with two attached hydrogens (primary N) is 2. The number of aldehydes is 1. The monoisotopic (exact) mass is 325 g/mol. The average molecular weight is 325 g/mol. The molecular formula is C15H27N5O3. The molecular weight excluding hydrogens is 298 g/mol. The molecule has 1 heterocycles. The highest BCUT2D eigenvalue weighted by Crippen LogP contribution is 2.40. The van der Waals surface area contributed by atoms with E-state index in [1.807, 2.05) is 0 Å². The molecule has 8 nitrogen and oxygen atoms in total. The number of ether oxygens (including phenoxy) is 1. The first-order valence-electron chi connectivity index (χ1n) is 8.25. The molecule has 6 N–H and O–H groups in total. The number of fused-ring (bicyclic) bond motifs is 1. The van der Waals surface area contributed by atoms with E-state index in [-0.39, 0.29) is 18.6 Å². The third-order valence-electron chi connectivity index (χ3n) is 5.01. The zero-order valence-corrected chi connectivity index (χ0v) is 13.4. The number of hydrogen-bond donors (Lipinski definition) is 4. The van der Waals surface area contributed by atoms with Gasteiger partial charge in [0.1, 0.15) is 18.5 Å². The normalized spacial score (nSPS) is 31.1. The molecule has 0 aromatic carbocycles. The molecule has 0 aromatic heterocycles. The van der Waals surface area contributed by atoms with E-state index >= 15 is 0 Å². The van der Waals surface area contributed by atoms with Gasteiger partial charge in [-0.2, -0.15) is 5.10 Å². The maximum Gasteiger partial charge on any atom is 0.323 e. The third kappa shape index (κ3) is 5.18. The highest BCUT2D eigenvalue weighted by atomic mass is 16.5. The SMILES string of the molecule is NN/N=C(\N)CCC1CCC2CNC(C(=O)OCC=O)CC2C1. The van der Waals surface area contributed by atoms with Crippen LogP contribution in [-0.2, 0) is 14.3 Å². The fourth-order valence-corrected chi connectivity index (χ4v) is 3.81. The number of hydrazone groups is 1. The predicted octanol–water partition coefficient (Wildman–Crippen LogP) is -0.361. The van der Waals surface area contributed by atoms with Crippen LogP contribution < -0.4 is 22.4 Å². The van der Waals surface area contributed by atoms with Crippen LogP contribution in [0.3, 0.4) is 0 Å². The fraction of sp³-hybridized carbons (Fsp3) is 0.800. The van der Waals surface area contributed by atoms with Crippen LogP contribution in [-0.4, -0.2) is 37.3 Å². The summed E-state index contributed by atoms with van der Waals surface area (Å²) in [7, 11) is 0. The number of piperidine rings is 1. The number of nitrogens with zero attached hydrogens (tertiary/aromatic N) is 1. The predicted molar refractivity (Wildman–Crippen MR) is 85.9 cm³/mol. The molecule has 4 atom stereocenters. The summed E-state index contributed by atoms with van der Waals surface area (Å²) in [6.07, 6.45) is 6.57. The third-order valence-corrected chi connectivity index (χ3v) is 5.01. The number of hydrogen-bond acceptors (Lipinski definition) is 7. The molecule has 0 aromatic rings. The Labute approximate surface area is 136 Å². The van der Waals surface area contributed by atoms with Crippen molar-refractivity contribution in [2.75, 3.05) is 13.2 Å². The highest BCUT2D eigenvalue weighted by molar-refractivity contribution is 5.79. The molecule has 0 bridgehead atoms. The van der Waals surface area contributed by atoms with Crippen LogP contribution in [0.1, 0.15) is 38.5 Å². The van der Waals surface area contributed by atoms with Crippen molar-refractivity contribution in [3.05, 3.63) is 0 Å². The van der Waals surface area contributed by atoms with Gasteiger partial charge in [0.15, 0.2) is 6.29 Å². The summed E-state index contributed by atoms with van der Waals surface area (Å²) in [6.45, 7) is 0.681. The second-order valence-corrected chi connectivity index (χ2v) is 6.46. The zero-order valence-electron chi connectivity index (χ0n) is 13.4. The zero-order chi connectivity index (χ0) is 16.7. The summed E-state index contributed by atoms with van der Waals surface area (Å²) in [5, 5.41) is 7.03. The van der Waals surface area contributed by atoms with Crippen molar-refractivity contribution in [3.8, 4) is 0 Å². The Morgan fingerprint density at radius 3 is 2.91 bits per heavy atom. The Morgan fingerprint density at radius 1 is 1.35 bits per heavy atom. The Kier molecular flexibility index (Phi) is 6.79. The molecule has 1 aliphatic heterocycles. The molecule has 0 spiro atoms. The fourth-order valence-electron chi connectivity index (χ4n) is 3.81. The van der Waals surface area contributed by atoms with Gasteiger partial charge in [0.05, 0.1) is 0 Å². The number of carbonyl (C=O) groups excluding carboxylic acids is 2. The van der Waals surface area contributed by atoms with Gasteiger partial charge in [-0.05, 0) is 50.0 Å². The van der Waals surface area contributed by atoms with Gasteiger partial charge in [-0.25, -0.2) is 11.4 Å². The maximum absolute atomic E-state index is 11.9. The van der Waals surface area contributed by atoms with Crippen LogP contribution >= 0.6 is 0 Å². The van der Waals surface area contributed by atoms with Crippen LogP contribution in [0.25, 0.3) is 0 Å². The molecule has 2 fully saturated rings. The number of nitrogens with one attached hydrogen (secondary N) is 2. The molecule has 1 aliphatic carbocycles. The second-order valence-electron chi connectivity index (χ2n) is 6.46. The maximum atomic E-state index is 11.9. The number of esters is 1. The van der Waals surface area contributed by atoms with E-state index in [2.05, 4.69) is 16.0 Å². The lowest BCUT2D eigenvalue weighted by Crippen LogP contribution is -2.50. The molecule has 2 aliphatic rings. The van der Waals surface area contributed by atoms with Crippen LogP contribution in [0, 0.1) is 17.8 Å². The van der Waals surface area contributed by atoms with Crippen molar-refractivity contribution in [3.63, 3.8) is 0 Å². The van der Waals surface area contributed by atoms with Gasteiger partial charge >= 0.3 is 5.97 Å². The summed E-state index contributed by atoms with van der Waals surface area (Å²) in [4.78, 5) is 22.2. The van der Waals surface area contributed by atoms with Gasteiger partial charge < -0.3 is 15.8 Å². The van der Waals surface area contributed by atoms with Crippen LogP contribution in [0.5, 0.6) is 0 Å². The van der Waals surface area contributed by atoms with Crippen molar-refractivity contribution >= 4 is 18.1 Å². The molecule has 1 saturated heterocycles. The Morgan fingerprint density at radius 2 is 2.17 bits per heavy atom. The minimum absolute atomic E-state index is 0.165. The van der Waals surface area contributed by atoms with E-state index in [0.29, 0.717) is 29.9 Å². The number of carbonyl (C=O) groups is 2. The summed E-state index contributed by atoms with van der Waals surface area (Å²) in [6, 6.07) is -0.289. The Bertz CT molecular complexity index is 443. The molecule has 2 rings (SSSR count). The van der Waals surface area contributed by atoms with E-state index in [1.54, 1.807) is 0 Å². The lowest BCUT2D eigenvalue weighted by molar-refractivity contribution is -0.149. The number of amidine groups is 1. The van der Waals surface area contributed by atoms with Crippen molar-refractivity contribution in [2.45, 2.75) is 44.6 Å². The van der Waals surface area contributed by atoms with Crippen molar-refractivity contribution < 1.29 is 14.3 Å². The van der Waals surface area contributed by atoms with Crippen LogP contribution in [0.15, 0.2) is 5.10 Å². The smallest absolute Gasteiger partial charge is 0.323 e. The minimum Gasteiger partial charge on any atom is -0.457 e. The minimum atomic E-state index is -0.317. The largest absolute Gasteiger partial charge is 0.457 e. The highest BCUT2D eigenvalue weighted by Gasteiger charge is 2.38. The number of hydrazine groups is 1. The lowest BCUT2D eigenvalue weighted by Gasteiger charge is -2.42. The van der Waals surface area contributed by atoms with Gasteiger partial charge in [0, 0.05) is 6.42 Å². The second kappa shape index (κ2) is 8.83. The van der Waals surface area contributed by atoms with E-state index < -0.39 is 0 Å². The Balaban J connectivity index is 1.81. The summed E-state index contributed by atoms with van der Waals surface area (Å²) in [5.74, 6) is 7.07. The topological polar surface area (TPSA) is 132 Å². The lowest BCUT2D eigenvalue weighted by atomic mass is 9.69. The quantitative estimate of drug-likeness (QED) is 0.125. The van der Waals surface area contributed by atoms with Crippen molar-refractivity contribution in [1.29, 1.82) is 0 Å². The van der Waals surface area contributed by atoms with E-state index in [4.69, 9.17) is 16.3 Å². The first-order chi connectivity index (χ1) is 11.1. The van der Waals surface area contributed by atoms with Crippen molar-refractivity contribution in [1.82, 2.24) is 10.9 Å². The van der Waals surface area contributed by atoms with Gasteiger partial charge in [-0.3, -0.25) is 9.59 Å². The van der Waals surface area contributed by atoms with E-state index in [0.717, 1.165) is 32.2 Å². The van der Waals surface area contributed by atoms with Gasteiger partial charge in [0.25, 0.3) is 0 Å². The number of rotatable bonds is 7. The average Bonchev–Trinajstić information content (AvgIpc) is 2.57. The van der Waals surface area contributed by atoms with Crippen molar-refractivity contribution in [2.24, 2.45) is 34.4 Å². The summed E-state index contributed by atoms with van der Waals surface area (Å²) in [5.41, 5.74) is 7.96. The first-order valence-corrected chi connectivity index (χ1v) is 8.25. The Hall–Kier alpha value is -1.67. The van der Waals surface area contributed by atoms with Gasteiger partial charge in [0.2, 0.25) is 0 Å². The standard InChI is InChI=1S/C15H27N5O3/c16-14(19-20-17)4-2-10-1-3-11-9-18-13(8-12(11)7-10)15(22)23-6-5-21/h5,10-13,18,20H,1-4,6-9,17H2,(H2,16,19). The summed E-state index contributed by atoms with van der Waals surface area (Å²) >= 11 is 0. The molecule has 0 amide bonds. The molecule has 130 valence electrons. The molecule has 8 heteroatoms. The van der Waals surface area contributed by atoms with Crippen LogP contribution in [0.4, 0.5) is 0 Å². The molecule has 23 heavy (non-hydrogen) atoms. The molecule has 4 unspecified atom stereocenters.